The van der Waals surface area contributed by atoms with Gasteiger partial charge in [-0.3, -0.25) is 14.4 Å². The second kappa shape index (κ2) is 2.91. The molecular formula is C10H6O5. The number of fused-ring (bicyclic) bond motifs is 1. The van der Waals surface area contributed by atoms with Crippen molar-refractivity contribution < 1.29 is 9.84 Å². The van der Waals surface area contributed by atoms with E-state index in [0.29, 0.717) is 0 Å². The van der Waals surface area contributed by atoms with Crippen LogP contribution < -0.4 is 21.0 Å². The molecular weight excluding hydrogens is 200 g/mol. The minimum atomic E-state index is -1.07. The molecule has 0 saturated heterocycles. The Hall–Kier alpha value is -2.17. The molecule has 0 radical (unpaired) electrons. The van der Waals surface area contributed by atoms with Gasteiger partial charge < -0.3 is 9.84 Å². The number of aromatic hydroxyl groups is 1. The molecule has 5 heteroatoms. The first-order valence-corrected chi connectivity index (χ1v) is 4.10. The third kappa shape index (κ3) is 1.13. The predicted octanol–water partition coefficient (Wildman–Crippen LogP) is -0.490. The average Bonchev–Trinajstić information content (AvgIpc) is 2.43. The van der Waals surface area contributed by atoms with Crippen molar-refractivity contribution in [3.8, 4) is 11.5 Å². The standard InChI is InChI=1S/C10H6O5/c1-15-7-3-5-4(2-6(7)11)8(12)10(14)9(5)13/h2-3,11H,1H3. The Labute approximate surface area is 82.9 Å². The number of hydrogen-bond donors (Lipinski definition) is 1. The largest absolute Gasteiger partial charge is 0.504 e. The third-order valence-electron chi connectivity index (χ3n) is 2.22. The molecule has 15 heavy (non-hydrogen) atoms. The van der Waals surface area contributed by atoms with Crippen molar-refractivity contribution in [1.29, 1.82) is 0 Å². The van der Waals surface area contributed by atoms with Gasteiger partial charge in [-0.05, 0) is 12.1 Å². The molecule has 0 atom stereocenters. The summed E-state index contributed by atoms with van der Waals surface area (Å²) in [5.74, 6) is -0.211. The zero-order valence-corrected chi connectivity index (χ0v) is 7.73. The Balaban J connectivity index is 3.08. The van der Waals surface area contributed by atoms with Gasteiger partial charge in [0.25, 0.3) is 5.43 Å². The number of rotatable bonds is 1. The minimum Gasteiger partial charge on any atom is -0.504 e. The number of benzene rings is 1. The molecule has 0 bridgehead atoms. The zero-order valence-electron chi connectivity index (χ0n) is 7.73. The van der Waals surface area contributed by atoms with E-state index in [9.17, 15) is 19.5 Å². The Kier molecular flexibility index (Phi) is 1.82. The SMILES string of the molecule is COc1cc2c(=O)c(=O)c(=O)c2cc1O. The van der Waals surface area contributed by atoms with Crippen LogP contribution in [0.2, 0.25) is 0 Å². The highest BCUT2D eigenvalue weighted by Crippen LogP contribution is 2.27. The van der Waals surface area contributed by atoms with E-state index < -0.39 is 16.3 Å². The Morgan fingerprint density at radius 3 is 2.07 bits per heavy atom. The normalized spacial score (nSPS) is 10.7. The lowest BCUT2D eigenvalue weighted by Gasteiger charge is -2.01. The number of ether oxygens (including phenoxy) is 1. The molecule has 0 aliphatic heterocycles. The number of hydrogen-bond acceptors (Lipinski definition) is 5. The van der Waals surface area contributed by atoms with Gasteiger partial charge in [-0.1, -0.05) is 0 Å². The Morgan fingerprint density at radius 1 is 1.00 bits per heavy atom. The molecule has 0 aromatic heterocycles. The van der Waals surface area contributed by atoms with Gasteiger partial charge in [-0.15, -0.1) is 0 Å². The zero-order chi connectivity index (χ0) is 11.2. The summed E-state index contributed by atoms with van der Waals surface area (Å²) < 4.78 is 4.76. The topological polar surface area (TPSA) is 80.7 Å². The summed E-state index contributed by atoms with van der Waals surface area (Å²) >= 11 is 0. The van der Waals surface area contributed by atoms with Crippen LogP contribution in [0.15, 0.2) is 26.5 Å². The molecule has 0 spiro atoms. The summed E-state index contributed by atoms with van der Waals surface area (Å²) in [7, 11) is 1.31. The second-order valence-electron chi connectivity index (χ2n) is 3.06. The van der Waals surface area contributed by atoms with E-state index >= 15 is 0 Å². The van der Waals surface area contributed by atoms with E-state index in [1.807, 2.05) is 0 Å². The van der Waals surface area contributed by atoms with Gasteiger partial charge in [0.1, 0.15) is 0 Å². The lowest BCUT2D eigenvalue weighted by molar-refractivity contribution is 0.374. The van der Waals surface area contributed by atoms with Crippen LogP contribution in [-0.2, 0) is 0 Å². The molecule has 2 rings (SSSR count). The smallest absolute Gasteiger partial charge is 0.273 e. The van der Waals surface area contributed by atoms with Crippen LogP contribution in [0.25, 0.3) is 10.8 Å². The molecule has 0 aliphatic rings. The quantitative estimate of drug-likeness (QED) is 0.637. The van der Waals surface area contributed by atoms with Crippen LogP contribution in [0.4, 0.5) is 0 Å². The van der Waals surface area contributed by atoms with Crippen molar-refractivity contribution in [1.82, 2.24) is 0 Å². The summed E-state index contributed by atoms with van der Waals surface area (Å²) in [6.07, 6.45) is 0. The van der Waals surface area contributed by atoms with Crippen LogP contribution in [0, 0.1) is 0 Å². The number of methoxy groups -OCH3 is 1. The van der Waals surface area contributed by atoms with Gasteiger partial charge in [-0.25, -0.2) is 0 Å². The third-order valence-corrected chi connectivity index (χ3v) is 2.22. The van der Waals surface area contributed by atoms with Crippen LogP contribution >= 0.6 is 0 Å². The highest BCUT2D eigenvalue weighted by Gasteiger charge is 2.15. The molecule has 0 amide bonds. The molecule has 2 aromatic carbocycles. The highest BCUT2D eigenvalue weighted by molar-refractivity contribution is 5.86. The predicted molar refractivity (Wildman–Crippen MR) is 53.3 cm³/mol. The fraction of sp³-hybridized carbons (Fsp3) is 0.100. The first-order chi connectivity index (χ1) is 7.06. The maximum atomic E-state index is 11.3. The first kappa shape index (κ1) is 9.39. The average molecular weight is 206 g/mol. The van der Waals surface area contributed by atoms with E-state index in [0.717, 1.165) is 6.07 Å². The van der Waals surface area contributed by atoms with E-state index in [1.165, 1.54) is 13.2 Å². The summed E-state index contributed by atoms with van der Waals surface area (Å²) in [5.41, 5.74) is -2.81. The first-order valence-electron chi connectivity index (χ1n) is 4.10. The number of phenolic OH excluding ortho intramolecular Hbond substituents is 1. The number of phenols is 1. The lowest BCUT2D eigenvalue weighted by Crippen LogP contribution is -2.29. The van der Waals surface area contributed by atoms with Crippen LogP contribution in [0.5, 0.6) is 11.5 Å². The Bertz CT molecular complexity index is 676. The van der Waals surface area contributed by atoms with Crippen LogP contribution in [0.3, 0.4) is 0 Å². The van der Waals surface area contributed by atoms with Crippen molar-refractivity contribution in [2.24, 2.45) is 0 Å². The molecule has 1 N–H and O–H groups in total. The molecule has 0 heterocycles. The monoisotopic (exact) mass is 206 g/mol. The summed E-state index contributed by atoms with van der Waals surface area (Å²) in [4.78, 5) is 33.6. The van der Waals surface area contributed by atoms with Gasteiger partial charge >= 0.3 is 0 Å². The molecule has 76 valence electrons. The van der Waals surface area contributed by atoms with Crippen LogP contribution in [0.1, 0.15) is 0 Å². The molecule has 0 saturated carbocycles. The summed E-state index contributed by atoms with van der Waals surface area (Å²) in [5, 5.41) is 9.28. The van der Waals surface area contributed by atoms with E-state index in [1.54, 1.807) is 0 Å². The lowest BCUT2D eigenvalue weighted by atomic mass is 10.2. The molecule has 0 fully saturated rings. The maximum Gasteiger partial charge on any atom is 0.273 e. The van der Waals surface area contributed by atoms with Crippen molar-refractivity contribution in [2.75, 3.05) is 7.11 Å². The second-order valence-corrected chi connectivity index (χ2v) is 3.06. The summed E-state index contributed by atoms with van der Waals surface area (Å²) in [6, 6.07) is 2.26. The van der Waals surface area contributed by atoms with Crippen molar-refractivity contribution >= 4 is 10.8 Å². The van der Waals surface area contributed by atoms with Crippen molar-refractivity contribution in [2.45, 2.75) is 0 Å². The molecule has 0 unspecified atom stereocenters. The van der Waals surface area contributed by atoms with Gasteiger partial charge in [0, 0.05) is 10.8 Å². The van der Waals surface area contributed by atoms with Crippen molar-refractivity contribution in [3.63, 3.8) is 0 Å². The van der Waals surface area contributed by atoms with Gasteiger partial charge in [0.05, 0.1) is 7.11 Å². The fourth-order valence-electron chi connectivity index (χ4n) is 1.46. The van der Waals surface area contributed by atoms with E-state index in [-0.39, 0.29) is 22.3 Å². The van der Waals surface area contributed by atoms with Gasteiger partial charge in [0.15, 0.2) is 11.5 Å². The fourth-order valence-corrected chi connectivity index (χ4v) is 1.46. The molecule has 5 nitrogen and oxygen atoms in total. The van der Waals surface area contributed by atoms with E-state index in [4.69, 9.17) is 4.74 Å². The summed E-state index contributed by atoms with van der Waals surface area (Å²) in [6.45, 7) is 0. The van der Waals surface area contributed by atoms with Gasteiger partial charge in [-0.2, -0.15) is 0 Å². The molecule has 0 aliphatic carbocycles. The van der Waals surface area contributed by atoms with Crippen molar-refractivity contribution in [3.05, 3.63) is 42.8 Å². The van der Waals surface area contributed by atoms with Crippen LogP contribution in [-0.4, -0.2) is 12.2 Å². The molecule has 2 aromatic rings. The van der Waals surface area contributed by atoms with Gasteiger partial charge in [0.2, 0.25) is 10.9 Å². The van der Waals surface area contributed by atoms with E-state index in [2.05, 4.69) is 0 Å². The maximum absolute atomic E-state index is 11.3. The highest BCUT2D eigenvalue weighted by atomic mass is 16.5. The minimum absolute atomic E-state index is 0.0142. The Morgan fingerprint density at radius 2 is 1.53 bits per heavy atom.